The van der Waals surface area contributed by atoms with E-state index in [1.165, 1.54) is 22.2 Å². The first kappa shape index (κ1) is 24.8. The van der Waals surface area contributed by atoms with Gasteiger partial charge in [-0.25, -0.2) is 9.37 Å². The van der Waals surface area contributed by atoms with Crippen LogP contribution in [-0.4, -0.2) is 46.0 Å². The number of aromatic amines is 1. The summed E-state index contributed by atoms with van der Waals surface area (Å²) in [5.41, 5.74) is 4.91. The number of nitrogens with zero attached hydrogens (tertiary/aromatic N) is 3. The first-order valence-electron chi connectivity index (χ1n) is 13.6. The van der Waals surface area contributed by atoms with Crippen LogP contribution in [0.1, 0.15) is 83.6 Å². The maximum atomic E-state index is 14.6. The van der Waals surface area contributed by atoms with Crippen molar-refractivity contribution in [1.29, 1.82) is 0 Å². The third-order valence-corrected chi connectivity index (χ3v) is 9.38. The van der Waals surface area contributed by atoms with Crippen LogP contribution in [0.5, 0.6) is 0 Å². The summed E-state index contributed by atoms with van der Waals surface area (Å²) in [6.07, 6.45) is 8.38. The van der Waals surface area contributed by atoms with Gasteiger partial charge >= 0.3 is 0 Å². The van der Waals surface area contributed by atoms with E-state index < -0.39 is 0 Å². The average Bonchev–Trinajstić information content (AvgIpc) is 3.48. The number of halogens is 1. The number of amides is 2. The predicted octanol–water partition coefficient (Wildman–Crippen LogP) is 5.18. The summed E-state index contributed by atoms with van der Waals surface area (Å²) in [7, 11) is 3.38. The minimum atomic E-state index is -0.130. The Hall–Kier alpha value is -3.55. The van der Waals surface area contributed by atoms with Crippen molar-refractivity contribution in [3.8, 4) is 0 Å². The number of hydrogen-bond acceptors (Lipinski definition) is 4. The summed E-state index contributed by atoms with van der Waals surface area (Å²) in [5, 5.41) is 10.7. The summed E-state index contributed by atoms with van der Waals surface area (Å²) >= 11 is 0. The van der Waals surface area contributed by atoms with Gasteiger partial charge in [0, 0.05) is 38.3 Å². The highest BCUT2D eigenvalue weighted by molar-refractivity contribution is 5.94. The molecule has 2 heterocycles. The van der Waals surface area contributed by atoms with Gasteiger partial charge in [0.05, 0.1) is 11.3 Å². The zero-order valence-electron chi connectivity index (χ0n) is 22.1. The fourth-order valence-electron chi connectivity index (χ4n) is 7.75. The summed E-state index contributed by atoms with van der Waals surface area (Å²) in [5.74, 6) is 1.52. The third-order valence-electron chi connectivity index (χ3n) is 9.38. The molecule has 2 aromatic heterocycles. The molecule has 8 heteroatoms. The van der Waals surface area contributed by atoms with Crippen LogP contribution < -0.4 is 5.32 Å². The largest absolute Gasteiger partial charge is 0.345 e. The van der Waals surface area contributed by atoms with Crippen molar-refractivity contribution in [3.05, 3.63) is 76.5 Å². The number of nitrogens with one attached hydrogen (secondary N) is 2. The first-order chi connectivity index (χ1) is 18.3. The van der Waals surface area contributed by atoms with E-state index in [1.807, 2.05) is 12.3 Å². The van der Waals surface area contributed by atoms with Crippen molar-refractivity contribution in [2.75, 3.05) is 19.4 Å². The topological polar surface area (TPSA) is 91.0 Å². The summed E-state index contributed by atoms with van der Waals surface area (Å²) in [4.78, 5) is 30.8. The molecule has 0 saturated heterocycles. The van der Waals surface area contributed by atoms with Crippen LogP contribution in [0.3, 0.4) is 0 Å². The normalized spacial score (nSPS) is 27.1. The maximum Gasteiger partial charge on any atom is 0.254 e. The van der Waals surface area contributed by atoms with Crippen molar-refractivity contribution in [2.24, 2.45) is 11.8 Å². The molecule has 7 nitrogen and oxygen atoms in total. The molecule has 0 aliphatic heterocycles. The highest BCUT2D eigenvalue weighted by Crippen LogP contribution is 2.64. The van der Waals surface area contributed by atoms with Gasteiger partial charge in [-0.3, -0.25) is 14.7 Å². The average molecular weight is 516 g/mol. The molecule has 3 aliphatic carbocycles. The highest BCUT2D eigenvalue weighted by Gasteiger charge is 2.58. The van der Waals surface area contributed by atoms with Crippen LogP contribution in [0, 0.1) is 17.7 Å². The van der Waals surface area contributed by atoms with Crippen molar-refractivity contribution < 1.29 is 14.0 Å². The maximum absolute atomic E-state index is 14.6. The lowest BCUT2D eigenvalue weighted by Crippen LogP contribution is -2.44. The van der Waals surface area contributed by atoms with Crippen LogP contribution in [-0.2, 0) is 16.6 Å². The summed E-state index contributed by atoms with van der Waals surface area (Å²) < 4.78 is 14.6. The Kier molecular flexibility index (Phi) is 6.08. The lowest BCUT2D eigenvalue weighted by atomic mass is 9.53. The molecule has 0 radical (unpaired) electrons. The molecule has 2 amide bonds. The second-order valence-corrected chi connectivity index (χ2v) is 11.6. The Bertz CT molecular complexity index is 1380. The van der Waals surface area contributed by atoms with Gasteiger partial charge in [0.2, 0.25) is 5.91 Å². The van der Waals surface area contributed by atoms with E-state index in [0.717, 1.165) is 43.4 Å². The van der Waals surface area contributed by atoms with E-state index in [-0.39, 0.29) is 29.0 Å². The molecule has 0 bridgehead atoms. The van der Waals surface area contributed by atoms with Gasteiger partial charge in [0.15, 0.2) is 0 Å². The number of anilines is 1. The molecule has 2 N–H and O–H groups in total. The molecule has 6 rings (SSSR count). The third kappa shape index (κ3) is 3.92. The number of pyridine rings is 1. The molecule has 198 valence electrons. The van der Waals surface area contributed by atoms with Gasteiger partial charge in [-0.15, -0.1) is 0 Å². The minimum absolute atomic E-state index is 0.0428. The monoisotopic (exact) mass is 515 g/mol. The van der Waals surface area contributed by atoms with Gasteiger partial charge in [-0.1, -0.05) is 19.1 Å². The molecule has 1 saturated carbocycles. The molecule has 1 fully saturated rings. The van der Waals surface area contributed by atoms with Crippen LogP contribution in [0.25, 0.3) is 0 Å². The first-order valence-corrected chi connectivity index (χ1v) is 13.6. The zero-order valence-corrected chi connectivity index (χ0v) is 22.1. The fourth-order valence-corrected chi connectivity index (χ4v) is 7.75. The van der Waals surface area contributed by atoms with E-state index in [2.05, 4.69) is 28.4 Å². The number of carbonyl (C=O) groups is 2. The van der Waals surface area contributed by atoms with Gasteiger partial charge in [-0.05, 0) is 90.7 Å². The second-order valence-electron chi connectivity index (χ2n) is 11.6. The fraction of sp³-hybridized carbons (Fsp3) is 0.467. The predicted molar refractivity (Wildman–Crippen MR) is 142 cm³/mol. The number of H-pyrrole nitrogens is 1. The lowest BCUT2D eigenvalue weighted by molar-refractivity contribution is -0.116. The van der Waals surface area contributed by atoms with Gasteiger partial charge in [0.25, 0.3) is 5.91 Å². The molecule has 3 aromatic rings. The van der Waals surface area contributed by atoms with Crippen LogP contribution >= 0.6 is 0 Å². The van der Waals surface area contributed by atoms with Crippen molar-refractivity contribution in [3.63, 3.8) is 0 Å². The summed E-state index contributed by atoms with van der Waals surface area (Å²) in [6.45, 7) is 2.34. The summed E-state index contributed by atoms with van der Waals surface area (Å²) in [6, 6.07) is 8.90. The quantitative estimate of drug-likeness (QED) is 0.490. The van der Waals surface area contributed by atoms with E-state index in [4.69, 9.17) is 5.10 Å². The molecule has 0 spiro atoms. The molecular formula is C30H34FN5O2. The number of benzene rings is 1. The Labute approximate surface area is 222 Å². The highest BCUT2D eigenvalue weighted by atomic mass is 19.1. The Morgan fingerprint density at radius 3 is 2.79 bits per heavy atom. The van der Waals surface area contributed by atoms with Crippen LogP contribution in [0.15, 0.2) is 42.7 Å². The number of rotatable bonds is 5. The van der Waals surface area contributed by atoms with Crippen molar-refractivity contribution in [1.82, 2.24) is 20.1 Å². The number of aromatic nitrogens is 3. The number of fused-ring (bicyclic) bond motifs is 7. The van der Waals surface area contributed by atoms with Crippen LogP contribution in [0.4, 0.5) is 10.2 Å². The van der Waals surface area contributed by atoms with E-state index in [1.54, 1.807) is 32.3 Å². The molecule has 5 atom stereocenters. The number of carbonyl (C=O) groups excluding carboxylic acids is 2. The minimum Gasteiger partial charge on any atom is -0.345 e. The van der Waals surface area contributed by atoms with E-state index in [0.29, 0.717) is 35.6 Å². The Morgan fingerprint density at radius 2 is 2.03 bits per heavy atom. The molecule has 1 aromatic carbocycles. The van der Waals surface area contributed by atoms with Gasteiger partial charge in [0.1, 0.15) is 11.6 Å². The zero-order chi connectivity index (χ0) is 26.6. The van der Waals surface area contributed by atoms with Gasteiger partial charge < -0.3 is 10.2 Å². The smallest absolute Gasteiger partial charge is 0.254 e. The lowest BCUT2D eigenvalue weighted by Gasteiger charge is -2.50. The Balaban J connectivity index is 1.20. The Morgan fingerprint density at radius 1 is 1.18 bits per heavy atom. The standard InChI is InChI=1S/C30H34FN5O2/c1-30-14-13-19-18-5-4-6-24(31)20(18)8-9-21(19)27(30)22(23-16-33-35-28(23)30)10-12-26(37)34-25-11-7-17(15-32-25)29(38)36(2)3/h4-7,11,15-16,19,21-22,27H,8-10,12-14H2,1-3H3,(H,33,35)(H,32,34,37)/t19?,21?,22-,27?,30+/m1/s1. The molecular weight excluding hydrogens is 481 g/mol. The van der Waals surface area contributed by atoms with Gasteiger partial charge in [-0.2, -0.15) is 5.10 Å². The van der Waals surface area contributed by atoms with Crippen molar-refractivity contribution in [2.45, 2.75) is 62.7 Å². The molecule has 3 aliphatic rings. The van der Waals surface area contributed by atoms with Crippen molar-refractivity contribution >= 4 is 17.6 Å². The second kappa shape index (κ2) is 9.33. The molecule has 3 unspecified atom stereocenters. The van der Waals surface area contributed by atoms with E-state index >= 15 is 0 Å². The SMILES string of the molecule is CN(C)C(=O)c1ccc(NC(=O)CC[C@@H]2c3c[nH]nc3[C@@]3(C)CCC4c5cccc(F)c5CCC4C23)nc1. The number of hydrogen-bond donors (Lipinski definition) is 2. The van der Waals surface area contributed by atoms with Crippen LogP contribution in [0.2, 0.25) is 0 Å². The molecule has 38 heavy (non-hydrogen) atoms. The van der Waals surface area contributed by atoms with E-state index in [9.17, 15) is 14.0 Å².